The molecular weight excluding hydrogens is 190 g/mol. The highest BCUT2D eigenvalue weighted by Gasteiger charge is 2.14. The first-order valence-corrected chi connectivity index (χ1v) is 5.44. The summed E-state index contributed by atoms with van der Waals surface area (Å²) < 4.78 is 0. The van der Waals surface area contributed by atoms with E-state index in [2.05, 4.69) is 20.3 Å². The number of anilines is 2. The fourth-order valence-corrected chi connectivity index (χ4v) is 1.95. The molecule has 2 rings (SSSR count). The quantitative estimate of drug-likeness (QED) is 0.562. The second-order valence-corrected chi connectivity index (χ2v) is 3.77. The van der Waals surface area contributed by atoms with Gasteiger partial charge < -0.3 is 10.3 Å². The Bertz CT molecular complexity index is 306. The van der Waals surface area contributed by atoms with E-state index in [-0.39, 0.29) is 0 Å². The predicted molar refractivity (Wildman–Crippen MR) is 60.5 cm³/mol. The van der Waals surface area contributed by atoms with Crippen molar-refractivity contribution in [3.63, 3.8) is 0 Å². The topological polar surface area (TPSA) is 67.1 Å². The van der Waals surface area contributed by atoms with Crippen molar-refractivity contribution in [1.82, 2.24) is 9.97 Å². The van der Waals surface area contributed by atoms with Crippen LogP contribution in [0.5, 0.6) is 0 Å². The highest BCUT2D eigenvalue weighted by molar-refractivity contribution is 5.59. The number of aromatic nitrogens is 2. The Kier molecular flexibility index (Phi) is 3.34. The zero-order valence-electron chi connectivity index (χ0n) is 8.82. The van der Waals surface area contributed by atoms with Gasteiger partial charge >= 0.3 is 0 Å². The molecule has 0 atom stereocenters. The summed E-state index contributed by atoms with van der Waals surface area (Å²) in [6.45, 7) is 2.10. The smallest absolute Gasteiger partial charge is 0.183 e. The predicted octanol–water partition coefficient (Wildman–Crippen LogP) is 1.14. The minimum absolute atomic E-state index is 0.666. The van der Waals surface area contributed by atoms with E-state index in [0.29, 0.717) is 5.82 Å². The molecule has 1 aromatic rings. The van der Waals surface area contributed by atoms with Crippen LogP contribution in [0.3, 0.4) is 0 Å². The molecule has 5 heteroatoms. The molecular formula is C10H17N5. The van der Waals surface area contributed by atoms with Gasteiger partial charge in [-0.3, -0.25) is 0 Å². The number of nitrogens with one attached hydrogen (secondary N) is 1. The molecule has 0 unspecified atom stereocenters. The summed E-state index contributed by atoms with van der Waals surface area (Å²) in [7, 11) is 0. The standard InChI is InChI=1S/C10H17N5/c11-14-9-10(13-6-5-12-9)15-7-3-1-2-4-8-15/h5-6H,1-4,7-8,11H2,(H,12,14). The van der Waals surface area contributed by atoms with E-state index < -0.39 is 0 Å². The summed E-state index contributed by atoms with van der Waals surface area (Å²) in [6, 6.07) is 0. The Morgan fingerprint density at radius 1 is 1.07 bits per heavy atom. The highest BCUT2D eigenvalue weighted by atomic mass is 15.3. The van der Waals surface area contributed by atoms with Crippen LogP contribution in [-0.2, 0) is 0 Å². The van der Waals surface area contributed by atoms with Gasteiger partial charge in [0.1, 0.15) is 0 Å². The number of hydrogen-bond acceptors (Lipinski definition) is 5. The van der Waals surface area contributed by atoms with Gasteiger partial charge in [-0.05, 0) is 12.8 Å². The summed E-state index contributed by atoms with van der Waals surface area (Å²) >= 11 is 0. The van der Waals surface area contributed by atoms with Crippen LogP contribution in [0.15, 0.2) is 12.4 Å². The van der Waals surface area contributed by atoms with Crippen LogP contribution >= 0.6 is 0 Å². The molecule has 82 valence electrons. The zero-order chi connectivity index (χ0) is 10.5. The largest absolute Gasteiger partial charge is 0.354 e. The molecule has 0 saturated carbocycles. The maximum Gasteiger partial charge on any atom is 0.183 e. The Balaban J connectivity index is 2.18. The molecule has 5 nitrogen and oxygen atoms in total. The highest BCUT2D eigenvalue weighted by Crippen LogP contribution is 2.22. The Hall–Kier alpha value is -1.36. The lowest BCUT2D eigenvalue weighted by molar-refractivity contribution is 0.726. The third kappa shape index (κ3) is 2.36. The summed E-state index contributed by atoms with van der Waals surface area (Å²) in [6.07, 6.45) is 8.42. The van der Waals surface area contributed by atoms with Gasteiger partial charge in [-0.25, -0.2) is 15.8 Å². The third-order valence-corrected chi connectivity index (χ3v) is 2.72. The first kappa shape index (κ1) is 10.2. The van der Waals surface area contributed by atoms with Crippen molar-refractivity contribution >= 4 is 11.6 Å². The van der Waals surface area contributed by atoms with Crippen LogP contribution in [0.4, 0.5) is 11.6 Å². The van der Waals surface area contributed by atoms with E-state index in [1.54, 1.807) is 12.4 Å². The van der Waals surface area contributed by atoms with Crippen LogP contribution < -0.4 is 16.2 Å². The van der Waals surface area contributed by atoms with Gasteiger partial charge in [0.2, 0.25) is 0 Å². The molecule has 3 N–H and O–H groups in total. The molecule has 1 fully saturated rings. The summed E-state index contributed by atoms with van der Waals surface area (Å²) in [4.78, 5) is 10.8. The van der Waals surface area contributed by atoms with Crippen LogP contribution in [0, 0.1) is 0 Å². The zero-order valence-corrected chi connectivity index (χ0v) is 8.82. The number of nitrogens with zero attached hydrogens (tertiary/aromatic N) is 3. The Morgan fingerprint density at radius 3 is 2.40 bits per heavy atom. The van der Waals surface area contributed by atoms with E-state index in [4.69, 9.17) is 5.84 Å². The number of nitrogens with two attached hydrogens (primary N) is 1. The molecule has 0 aromatic carbocycles. The fourth-order valence-electron chi connectivity index (χ4n) is 1.95. The number of rotatable bonds is 2. The minimum atomic E-state index is 0.666. The van der Waals surface area contributed by atoms with E-state index in [1.165, 1.54) is 25.7 Å². The molecule has 1 aromatic heterocycles. The van der Waals surface area contributed by atoms with Crippen LogP contribution in [0.2, 0.25) is 0 Å². The number of hydrazine groups is 1. The molecule has 0 amide bonds. The lowest BCUT2D eigenvalue weighted by Crippen LogP contribution is -2.27. The van der Waals surface area contributed by atoms with Crippen molar-refractivity contribution < 1.29 is 0 Å². The monoisotopic (exact) mass is 207 g/mol. The van der Waals surface area contributed by atoms with Gasteiger partial charge in [-0.2, -0.15) is 0 Å². The minimum Gasteiger partial charge on any atom is -0.354 e. The molecule has 1 aliphatic rings. The van der Waals surface area contributed by atoms with Crippen molar-refractivity contribution in [3.8, 4) is 0 Å². The summed E-state index contributed by atoms with van der Waals surface area (Å²) in [5.74, 6) is 6.96. The van der Waals surface area contributed by atoms with E-state index in [1.807, 2.05) is 0 Å². The Labute approximate surface area is 89.7 Å². The SMILES string of the molecule is NNc1nccnc1N1CCCCCC1. The molecule has 1 aliphatic heterocycles. The maximum atomic E-state index is 5.42. The first-order chi connectivity index (χ1) is 7.42. The summed E-state index contributed by atoms with van der Waals surface area (Å²) in [5.41, 5.74) is 2.60. The van der Waals surface area contributed by atoms with Crippen molar-refractivity contribution in [2.75, 3.05) is 23.4 Å². The molecule has 0 bridgehead atoms. The summed E-state index contributed by atoms with van der Waals surface area (Å²) in [5, 5.41) is 0. The van der Waals surface area contributed by atoms with Gasteiger partial charge in [0.15, 0.2) is 11.6 Å². The molecule has 15 heavy (non-hydrogen) atoms. The first-order valence-electron chi connectivity index (χ1n) is 5.44. The Morgan fingerprint density at radius 2 is 1.73 bits per heavy atom. The van der Waals surface area contributed by atoms with Crippen molar-refractivity contribution in [1.29, 1.82) is 0 Å². The number of hydrogen-bond donors (Lipinski definition) is 2. The molecule has 0 aliphatic carbocycles. The van der Waals surface area contributed by atoms with Crippen molar-refractivity contribution in [3.05, 3.63) is 12.4 Å². The second-order valence-electron chi connectivity index (χ2n) is 3.77. The molecule has 0 radical (unpaired) electrons. The van der Waals surface area contributed by atoms with Gasteiger partial charge in [0, 0.05) is 25.5 Å². The molecule has 2 heterocycles. The average molecular weight is 207 g/mol. The second kappa shape index (κ2) is 4.93. The van der Waals surface area contributed by atoms with Crippen molar-refractivity contribution in [2.45, 2.75) is 25.7 Å². The number of nitrogen functional groups attached to an aromatic ring is 1. The van der Waals surface area contributed by atoms with Crippen LogP contribution in [0.1, 0.15) is 25.7 Å². The normalized spacial score (nSPS) is 17.3. The third-order valence-electron chi connectivity index (χ3n) is 2.72. The van der Waals surface area contributed by atoms with E-state index in [0.717, 1.165) is 18.9 Å². The van der Waals surface area contributed by atoms with E-state index >= 15 is 0 Å². The molecule has 1 saturated heterocycles. The van der Waals surface area contributed by atoms with Gasteiger partial charge in [0.05, 0.1) is 0 Å². The lowest BCUT2D eigenvalue weighted by atomic mass is 10.2. The van der Waals surface area contributed by atoms with Crippen molar-refractivity contribution in [2.24, 2.45) is 5.84 Å². The van der Waals surface area contributed by atoms with Gasteiger partial charge in [-0.15, -0.1) is 0 Å². The van der Waals surface area contributed by atoms with E-state index in [9.17, 15) is 0 Å². The fraction of sp³-hybridized carbons (Fsp3) is 0.600. The maximum absolute atomic E-state index is 5.42. The molecule has 0 spiro atoms. The van der Waals surface area contributed by atoms with Gasteiger partial charge in [0.25, 0.3) is 0 Å². The average Bonchev–Trinajstić information content (AvgIpc) is 2.57. The lowest BCUT2D eigenvalue weighted by Gasteiger charge is -2.22. The van der Waals surface area contributed by atoms with Crippen LogP contribution in [-0.4, -0.2) is 23.1 Å². The van der Waals surface area contributed by atoms with Crippen LogP contribution in [0.25, 0.3) is 0 Å². The van der Waals surface area contributed by atoms with Gasteiger partial charge in [-0.1, -0.05) is 12.8 Å².